The summed E-state index contributed by atoms with van der Waals surface area (Å²) in [6.45, 7) is 7.75. The first kappa shape index (κ1) is 24.7. The van der Waals surface area contributed by atoms with E-state index in [-0.39, 0.29) is 19.6 Å². The van der Waals surface area contributed by atoms with Gasteiger partial charge in [-0.1, -0.05) is 13.8 Å². The molecule has 2 saturated heterocycles. The van der Waals surface area contributed by atoms with Crippen molar-refractivity contribution in [1.82, 2.24) is 15.3 Å². The van der Waals surface area contributed by atoms with Gasteiger partial charge < -0.3 is 15.2 Å². The van der Waals surface area contributed by atoms with Gasteiger partial charge in [0.25, 0.3) is 0 Å². The first-order chi connectivity index (χ1) is 14.0. The molecule has 2 heterocycles. The molecule has 0 aromatic carbocycles. The van der Waals surface area contributed by atoms with Crippen molar-refractivity contribution in [1.29, 1.82) is 0 Å². The van der Waals surface area contributed by atoms with Gasteiger partial charge >= 0.3 is 19.7 Å². The lowest BCUT2D eigenvalue weighted by atomic mass is 9.87. The molecule has 2 fully saturated rings. The Bertz CT molecular complexity index is 680. The van der Waals surface area contributed by atoms with E-state index in [2.05, 4.69) is 15.3 Å². The standard InChI is InChI=1S/C18H32N3O8P/c1-13(17(24)25)20-30(26)28-12-18(2,3)15(29-30)16(23)19-7-6-14(22)27-11-10-21-8-4-5-9-21/h13,15H,4-12H2,1-3H3,(H,19,23)(H,20,26)(H,24,25)/t13?,15-,30?/m0/s1. The molecule has 11 nitrogen and oxygen atoms in total. The highest BCUT2D eigenvalue weighted by Gasteiger charge is 2.48. The van der Waals surface area contributed by atoms with Crippen LogP contribution in [-0.4, -0.2) is 79.4 Å². The largest absolute Gasteiger partial charge is 0.480 e. The Morgan fingerprint density at radius 3 is 2.60 bits per heavy atom. The van der Waals surface area contributed by atoms with E-state index in [1.807, 2.05) is 0 Å². The van der Waals surface area contributed by atoms with Crippen LogP contribution in [0.1, 0.15) is 40.0 Å². The Labute approximate surface area is 176 Å². The number of nitrogens with zero attached hydrogens (tertiary/aromatic N) is 1. The van der Waals surface area contributed by atoms with Crippen LogP contribution in [0.5, 0.6) is 0 Å². The average molecular weight is 449 g/mol. The topological polar surface area (TPSA) is 144 Å². The van der Waals surface area contributed by atoms with Gasteiger partial charge in [-0.15, -0.1) is 0 Å². The van der Waals surface area contributed by atoms with E-state index in [0.717, 1.165) is 13.1 Å². The normalized spacial score (nSPS) is 27.4. The summed E-state index contributed by atoms with van der Waals surface area (Å²) in [5.74, 6) is -2.20. The second-order valence-electron chi connectivity index (χ2n) is 8.24. The van der Waals surface area contributed by atoms with E-state index in [0.29, 0.717) is 13.2 Å². The molecule has 0 radical (unpaired) electrons. The van der Waals surface area contributed by atoms with Gasteiger partial charge in [0.05, 0.1) is 13.0 Å². The van der Waals surface area contributed by atoms with Crippen molar-refractivity contribution >= 4 is 25.6 Å². The molecule has 1 amide bonds. The SMILES string of the molecule is CC(NP1(=O)OCC(C)(C)[C@H](C(=O)NCCC(=O)OCCN2CCCC2)O1)C(=O)O. The first-order valence-electron chi connectivity index (χ1n) is 10.1. The van der Waals surface area contributed by atoms with Gasteiger partial charge in [0.2, 0.25) is 5.91 Å². The van der Waals surface area contributed by atoms with Crippen molar-refractivity contribution in [2.24, 2.45) is 5.41 Å². The Kier molecular flexibility index (Phi) is 8.81. The van der Waals surface area contributed by atoms with E-state index in [9.17, 15) is 18.9 Å². The Balaban J connectivity index is 1.78. The van der Waals surface area contributed by atoms with Crippen LogP contribution in [-0.2, 0) is 32.7 Å². The molecule has 2 aliphatic heterocycles. The molecule has 0 aliphatic carbocycles. The fraction of sp³-hybridized carbons (Fsp3) is 0.833. The van der Waals surface area contributed by atoms with Crippen LogP contribution in [0.15, 0.2) is 0 Å². The highest BCUT2D eigenvalue weighted by Crippen LogP contribution is 2.53. The van der Waals surface area contributed by atoms with Crippen molar-refractivity contribution in [2.45, 2.75) is 52.2 Å². The number of hydrogen-bond acceptors (Lipinski definition) is 8. The van der Waals surface area contributed by atoms with Crippen molar-refractivity contribution < 1.29 is 37.8 Å². The maximum absolute atomic E-state index is 12.7. The zero-order valence-electron chi connectivity index (χ0n) is 17.7. The molecular formula is C18H32N3O8P. The fourth-order valence-electron chi connectivity index (χ4n) is 3.15. The van der Waals surface area contributed by atoms with Gasteiger partial charge in [0.15, 0.2) is 6.10 Å². The number of carbonyl (C=O) groups excluding carboxylic acids is 2. The van der Waals surface area contributed by atoms with Crippen LogP contribution in [0.25, 0.3) is 0 Å². The molecule has 0 bridgehead atoms. The predicted octanol–water partition coefficient (Wildman–Crippen LogP) is 0.744. The number of aliphatic carboxylic acids is 1. The maximum Gasteiger partial charge on any atom is 0.407 e. The van der Waals surface area contributed by atoms with Crippen molar-refractivity contribution in [3.8, 4) is 0 Å². The number of carbonyl (C=O) groups is 3. The molecule has 3 N–H and O–H groups in total. The molecule has 0 spiro atoms. The first-order valence-corrected chi connectivity index (χ1v) is 11.7. The summed E-state index contributed by atoms with van der Waals surface area (Å²) in [7, 11) is -3.98. The highest BCUT2D eigenvalue weighted by atomic mass is 31.2. The minimum atomic E-state index is -3.98. The Hall–Kier alpha value is -1.52. The summed E-state index contributed by atoms with van der Waals surface area (Å²) in [5.41, 5.74) is -0.803. The minimum Gasteiger partial charge on any atom is -0.480 e. The summed E-state index contributed by atoms with van der Waals surface area (Å²) < 4.78 is 28.4. The molecular weight excluding hydrogens is 417 g/mol. The molecule has 2 unspecified atom stereocenters. The summed E-state index contributed by atoms with van der Waals surface area (Å²) in [4.78, 5) is 37.6. The number of esters is 1. The smallest absolute Gasteiger partial charge is 0.407 e. The van der Waals surface area contributed by atoms with Crippen molar-refractivity contribution in [2.75, 3.05) is 39.4 Å². The number of hydrogen-bond donors (Lipinski definition) is 3. The van der Waals surface area contributed by atoms with E-state index in [1.165, 1.54) is 19.8 Å². The average Bonchev–Trinajstić information content (AvgIpc) is 3.17. The molecule has 2 rings (SSSR count). The second kappa shape index (κ2) is 10.7. The number of likely N-dealkylation sites (tertiary alicyclic amines) is 1. The van der Waals surface area contributed by atoms with Gasteiger partial charge in [0.1, 0.15) is 12.6 Å². The molecule has 0 saturated carbocycles. The molecule has 3 atom stereocenters. The number of ether oxygens (including phenoxy) is 1. The Morgan fingerprint density at radius 2 is 1.97 bits per heavy atom. The number of carboxylic acids is 1. The van der Waals surface area contributed by atoms with Gasteiger partial charge in [-0.3, -0.25) is 28.3 Å². The number of amides is 1. The summed E-state index contributed by atoms with van der Waals surface area (Å²) in [6, 6.07) is -1.18. The van der Waals surface area contributed by atoms with Crippen LogP contribution in [0, 0.1) is 5.41 Å². The zero-order valence-corrected chi connectivity index (χ0v) is 18.6. The third-order valence-electron chi connectivity index (χ3n) is 5.02. The highest BCUT2D eigenvalue weighted by molar-refractivity contribution is 7.51. The van der Waals surface area contributed by atoms with Crippen LogP contribution in [0.2, 0.25) is 0 Å². The quantitative estimate of drug-likeness (QED) is 0.323. The van der Waals surface area contributed by atoms with Gasteiger partial charge in [-0.05, 0) is 32.9 Å². The molecule has 12 heteroatoms. The zero-order chi connectivity index (χ0) is 22.4. The number of nitrogens with one attached hydrogen (secondary N) is 2. The summed E-state index contributed by atoms with van der Waals surface area (Å²) >= 11 is 0. The lowest BCUT2D eigenvalue weighted by Gasteiger charge is -2.40. The van der Waals surface area contributed by atoms with Crippen LogP contribution >= 0.6 is 7.75 Å². The predicted molar refractivity (Wildman–Crippen MR) is 107 cm³/mol. The van der Waals surface area contributed by atoms with Crippen LogP contribution in [0.4, 0.5) is 0 Å². The lowest BCUT2D eigenvalue weighted by molar-refractivity contribution is -0.144. The lowest BCUT2D eigenvalue weighted by Crippen LogP contribution is -2.51. The maximum atomic E-state index is 12.7. The van der Waals surface area contributed by atoms with Crippen molar-refractivity contribution in [3.63, 3.8) is 0 Å². The van der Waals surface area contributed by atoms with E-state index in [4.69, 9.17) is 18.9 Å². The summed E-state index contributed by atoms with van der Waals surface area (Å²) in [5, 5.41) is 13.9. The van der Waals surface area contributed by atoms with Gasteiger partial charge in [0, 0.05) is 18.5 Å². The molecule has 172 valence electrons. The minimum absolute atomic E-state index is 0.00134. The van der Waals surface area contributed by atoms with Gasteiger partial charge in [-0.2, -0.15) is 0 Å². The number of rotatable bonds is 10. The van der Waals surface area contributed by atoms with E-state index >= 15 is 0 Å². The van der Waals surface area contributed by atoms with Gasteiger partial charge in [-0.25, -0.2) is 9.65 Å². The second-order valence-corrected chi connectivity index (χ2v) is 9.97. The number of carboxylic acid groups (broad SMARTS) is 1. The van der Waals surface area contributed by atoms with Crippen LogP contribution < -0.4 is 10.4 Å². The molecule has 0 aromatic heterocycles. The Morgan fingerprint density at radius 1 is 1.30 bits per heavy atom. The monoisotopic (exact) mass is 449 g/mol. The van der Waals surface area contributed by atoms with Crippen molar-refractivity contribution in [3.05, 3.63) is 0 Å². The van der Waals surface area contributed by atoms with Crippen LogP contribution in [0.3, 0.4) is 0 Å². The molecule has 2 aliphatic rings. The summed E-state index contributed by atoms with van der Waals surface area (Å²) in [6.07, 6.45) is 1.20. The molecule has 30 heavy (non-hydrogen) atoms. The van der Waals surface area contributed by atoms with E-state index < -0.39 is 43.2 Å². The molecule has 0 aromatic rings. The fourth-order valence-corrected chi connectivity index (χ4v) is 5.09. The van der Waals surface area contributed by atoms with E-state index in [1.54, 1.807) is 13.8 Å². The third kappa shape index (κ3) is 7.31. The third-order valence-corrected chi connectivity index (χ3v) is 6.68.